The Morgan fingerprint density at radius 2 is 1.83 bits per heavy atom. The molecular weight excluding hydrogens is 226 g/mol. The highest BCUT2D eigenvalue weighted by Crippen LogP contribution is 2.17. The molecule has 1 aromatic rings. The van der Waals surface area contributed by atoms with Crippen molar-refractivity contribution in [3.8, 4) is 0 Å². The smallest absolute Gasteiger partial charge is 0.224 e. The molecule has 4 nitrogen and oxygen atoms in total. The fourth-order valence-electron chi connectivity index (χ4n) is 1.83. The third-order valence-electron chi connectivity index (χ3n) is 2.89. The topological polar surface area (TPSA) is 58.4 Å². The van der Waals surface area contributed by atoms with Crippen molar-refractivity contribution in [2.45, 2.75) is 26.7 Å². The Labute approximate surface area is 109 Å². The number of amides is 1. The molecular formula is C14H23N3O. The molecule has 0 saturated heterocycles. The van der Waals surface area contributed by atoms with Gasteiger partial charge in [0.05, 0.1) is 0 Å². The zero-order valence-electron chi connectivity index (χ0n) is 11.3. The van der Waals surface area contributed by atoms with Gasteiger partial charge in [-0.1, -0.05) is 0 Å². The fourth-order valence-corrected chi connectivity index (χ4v) is 1.83. The van der Waals surface area contributed by atoms with Crippen molar-refractivity contribution in [2.24, 2.45) is 5.73 Å². The van der Waals surface area contributed by atoms with Crippen molar-refractivity contribution >= 4 is 17.3 Å². The maximum Gasteiger partial charge on any atom is 0.224 e. The zero-order chi connectivity index (χ0) is 13.4. The van der Waals surface area contributed by atoms with E-state index in [1.807, 2.05) is 24.3 Å². The Morgan fingerprint density at radius 3 is 2.33 bits per heavy atom. The molecule has 0 aliphatic heterocycles. The first-order valence-corrected chi connectivity index (χ1v) is 6.56. The van der Waals surface area contributed by atoms with E-state index in [9.17, 15) is 4.79 Å². The number of rotatable bonds is 7. The van der Waals surface area contributed by atoms with Crippen LogP contribution in [0.1, 0.15) is 26.7 Å². The molecule has 0 unspecified atom stereocenters. The maximum atomic E-state index is 11.5. The number of nitrogens with two attached hydrogens (primary N) is 1. The van der Waals surface area contributed by atoms with Gasteiger partial charge in [0.1, 0.15) is 0 Å². The molecule has 100 valence electrons. The van der Waals surface area contributed by atoms with E-state index in [1.165, 1.54) is 5.69 Å². The van der Waals surface area contributed by atoms with Gasteiger partial charge in [-0.25, -0.2) is 0 Å². The molecule has 1 aromatic carbocycles. The van der Waals surface area contributed by atoms with E-state index in [0.717, 1.165) is 25.2 Å². The first-order valence-electron chi connectivity index (χ1n) is 6.56. The number of hydrogen-bond acceptors (Lipinski definition) is 3. The summed E-state index contributed by atoms with van der Waals surface area (Å²) in [6.45, 7) is 6.78. The zero-order valence-corrected chi connectivity index (χ0v) is 11.3. The lowest BCUT2D eigenvalue weighted by molar-refractivity contribution is -0.116. The van der Waals surface area contributed by atoms with Gasteiger partial charge in [0, 0.05) is 30.9 Å². The summed E-state index contributed by atoms with van der Waals surface area (Å²) >= 11 is 0. The Balaban J connectivity index is 2.57. The van der Waals surface area contributed by atoms with Gasteiger partial charge in [0.2, 0.25) is 5.91 Å². The minimum atomic E-state index is 0.0241. The van der Waals surface area contributed by atoms with Crippen LogP contribution in [0, 0.1) is 0 Å². The van der Waals surface area contributed by atoms with Crippen LogP contribution in [0.4, 0.5) is 11.4 Å². The Bertz CT molecular complexity index is 358. The summed E-state index contributed by atoms with van der Waals surface area (Å²) in [6, 6.07) is 7.94. The van der Waals surface area contributed by atoms with Crippen LogP contribution in [-0.4, -0.2) is 25.5 Å². The summed E-state index contributed by atoms with van der Waals surface area (Å²) in [5, 5.41) is 2.87. The van der Waals surface area contributed by atoms with Crippen molar-refractivity contribution in [3.05, 3.63) is 24.3 Å². The van der Waals surface area contributed by atoms with Crippen molar-refractivity contribution in [1.29, 1.82) is 0 Å². The van der Waals surface area contributed by atoms with Crippen LogP contribution in [0.3, 0.4) is 0 Å². The van der Waals surface area contributed by atoms with Gasteiger partial charge in [-0.3, -0.25) is 4.79 Å². The SMILES string of the molecule is CCN(CC)c1ccc(NC(=O)CCCN)cc1. The molecule has 0 aromatic heterocycles. The van der Waals surface area contributed by atoms with Crippen molar-refractivity contribution in [2.75, 3.05) is 29.9 Å². The van der Waals surface area contributed by atoms with E-state index in [2.05, 4.69) is 24.1 Å². The molecule has 0 spiro atoms. The van der Waals surface area contributed by atoms with E-state index in [0.29, 0.717) is 13.0 Å². The van der Waals surface area contributed by atoms with E-state index in [1.54, 1.807) is 0 Å². The van der Waals surface area contributed by atoms with Crippen molar-refractivity contribution in [1.82, 2.24) is 0 Å². The molecule has 18 heavy (non-hydrogen) atoms. The molecule has 0 atom stereocenters. The molecule has 1 amide bonds. The van der Waals surface area contributed by atoms with Gasteiger partial charge >= 0.3 is 0 Å². The number of nitrogens with zero attached hydrogens (tertiary/aromatic N) is 1. The van der Waals surface area contributed by atoms with E-state index in [4.69, 9.17) is 5.73 Å². The largest absolute Gasteiger partial charge is 0.372 e. The number of hydrogen-bond donors (Lipinski definition) is 2. The van der Waals surface area contributed by atoms with Crippen LogP contribution in [0.5, 0.6) is 0 Å². The highest BCUT2D eigenvalue weighted by Gasteiger charge is 2.03. The number of benzene rings is 1. The molecule has 0 bridgehead atoms. The maximum absolute atomic E-state index is 11.5. The number of carbonyl (C=O) groups excluding carboxylic acids is 1. The highest BCUT2D eigenvalue weighted by molar-refractivity contribution is 5.90. The van der Waals surface area contributed by atoms with Crippen LogP contribution in [-0.2, 0) is 4.79 Å². The van der Waals surface area contributed by atoms with E-state index < -0.39 is 0 Å². The normalized spacial score (nSPS) is 10.2. The Hall–Kier alpha value is -1.55. The first kappa shape index (κ1) is 14.5. The summed E-state index contributed by atoms with van der Waals surface area (Å²) in [4.78, 5) is 13.8. The Kier molecular flexibility index (Phi) is 6.22. The van der Waals surface area contributed by atoms with Gasteiger partial charge in [0.15, 0.2) is 0 Å². The molecule has 0 radical (unpaired) electrons. The van der Waals surface area contributed by atoms with Crippen LogP contribution >= 0.6 is 0 Å². The molecule has 0 heterocycles. The lowest BCUT2D eigenvalue weighted by Crippen LogP contribution is -2.21. The summed E-state index contributed by atoms with van der Waals surface area (Å²) in [5.74, 6) is 0.0241. The second-order valence-electron chi connectivity index (χ2n) is 4.16. The average Bonchev–Trinajstić information content (AvgIpc) is 2.40. The molecule has 4 heteroatoms. The fraction of sp³-hybridized carbons (Fsp3) is 0.500. The van der Waals surface area contributed by atoms with Crippen LogP contribution in [0.2, 0.25) is 0 Å². The van der Waals surface area contributed by atoms with Gasteiger partial charge < -0.3 is 16.0 Å². The molecule has 0 saturated carbocycles. The van der Waals surface area contributed by atoms with Crippen molar-refractivity contribution < 1.29 is 4.79 Å². The van der Waals surface area contributed by atoms with Gasteiger partial charge in [0.25, 0.3) is 0 Å². The molecule has 0 aliphatic rings. The van der Waals surface area contributed by atoms with Crippen LogP contribution < -0.4 is 16.0 Å². The predicted octanol–water partition coefficient (Wildman–Crippen LogP) is 2.21. The van der Waals surface area contributed by atoms with Gasteiger partial charge in [-0.15, -0.1) is 0 Å². The molecule has 0 fully saturated rings. The lowest BCUT2D eigenvalue weighted by Gasteiger charge is -2.21. The van der Waals surface area contributed by atoms with E-state index in [-0.39, 0.29) is 5.91 Å². The summed E-state index contributed by atoms with van der Waals surface area (Å²) in [7, 11) is 0. The molecule has 3 N–H and O–H groups in total. The van der Waals surface area contributed by atoms with Crippen LogP contribution in [0.15, 0.2) is 24.3 Å². The molecule has 1 rings (SSSR count). The second kappa shape index (κ2) is 7.71. The minimum absolute atomic E-state index is 0.0241. The third kappa shape index (κ3) is 4.37. The van der Waals surface area contributed by atoms with Crippen molar-refractivity contribution in [3.63, 3.8) is 0 Å². The highest BCUT2D eigenvalue weighted by atomic mass is 16.1. The lowest BCUT2D eigenvalue weighted by atomic mass is 10.2. The number of carbonyl (C=O) groups is 1. The summed E-state index contributed by atoms with van der Waals surface area (Å²) in [5.41, 5.74) is 7.39. The number of anilines is 2. The third-order valence-corrected chi connectivity index (χ3v) is 2.89. The average molecular weight is 249 g/mol. The standard InChI is InChI=1S/C14H23N3O/c1-3-17(4-2)13-9-7-12(8-10-13)16-14(18)6-5-11-15/h7-10H,3-6,11,15H2,1-2H3,(H,16,18). The Morgan fingerprint density at radius 1 is 1.22 bits per heavy atom. The van der Waals surface area contributed by atoms with E-state index >= 15 is 0 Å². The minimum Gasteiger partial charge on any atom is -0.372 e. The quantitative estimate of drug-likeness (QED) is 0.779. The summed E-state index contributed by atoms with van der Waals surface area (Å²) in [6.07, 6.45) is 1.21. The predicted molar refractivity (Wildman–Crippen MR) is 76.9 cm³/mol. The van der Waals surface area contributed by atoms with Crippen LogP contribution in [0.25, 0.3) is 0 Å². The second-order valence-corrected chi connectivity index (χ2v) is 4.16. The summed E-state index contributed by atoms with van der Waals surface area (Å²) < 4.78 is 0. The van der Waals surface area contributed by atoms with Gasteiger partial charge in [-0.2, -0.15) is 0 Å². The first-order chi connectivity index (χ1) is 8.71. The van der Waals surface area contributed by atoms with Gasteiger partial charge in [-0.05, 0) is 51.1 Å². The molecule has 0 aliphatic carbocycles. The monoisotopic (exact) mass is 249 g/mol. The number of nitrogens with one attached hydrogen (secondary N) is 1.